The molecule has 108 heavy (non-hydrogen) atoms. The number of aliphatic hydroxyl groups is 4. The number of Topliss-reactive ketones (excluding diaryl/α,β-unsaturated/α-hetero) is 2. The maximum absolute atomic E-state index is 15.1. The summed E-state index contributed by atoms with van der Waals surface area (Å²) in [5.41, 5.74) is 12.7. The number of hydrogen-bond donors (Lipinski definition) is 21. The predicted molar refractivity (Wildman–Crippen MR) is 378 cm³/mol. The van der Waals surface area contributed by atoms with E-state index in [9.17, 15) is 103 Å². The van der Waals surface area contributed by atoms with Crippen molar-refractivity contribution < 1.29 is 112 Å². The lowest BCUT2D eigenvalue weighted by atomic mass is 10.00. The summed E-state index contributed by atoms with van der Waals surface area (Å²) in [5, 5.41) is 88.4. The summed E-state index contributed by atoms with van der Waals surface area (Å²) in [6.45, 7) is -3.37. The van der Waals surface area contributed by atoms with Crippen molar-refractivity contribution in [3.05, 3.63) is 47.8 Å². The Morgan fingerprint density at radius 1 is 0.620 bits per heavy atom. The summed E-state index contributed by atoms with van der Waals surface area (Å²) < 4.78 is 0. The van der Waals surface area contributed by atoms with Gasteiger partial charge in [0.1, 0.15) is 78.3 Å². The number of carboxylic acid groups (broad SMARTS) is 2. The number of hydrogen-bond acceptors (Lipinski definition) is 23. The number of allylic oxidation sites excluding steroid dienone is 1. The molecule has 592 valence electrons. The zero-order valence-corrected chi connectivity index (χ0v) is 59.6. The molecule has 0 spiro atoms. The third-order valence-corrected chi connectivity index (χ3v) is 17.6. The molecule has 3 aliphatic rings. The number of rotatable bonds is 33. The van der Waals surface area contributed by atoms with Crippen LogP contribution in [0.1, 0.15) is 122 Å². The third kappa shape index (κ3) is 28.2. The average Bonchev–Trinajstić information content (AvgIpc) is 1.64. The molecule has 23 N–H and O–H groups in total. The highest BCUT2D eigenvalue weighted by Gasteiger charge is 2.42. The molecule has 0 saturated carbocycles. The second-order valence-electron chi connectivity index (χ2n) is 25.8. The molecule has 1 aromatic heterocycles. The molecule has 0 bridgehead atoms. The van der Waals surface area contributed by atoms with Crippen molar-refractivity contribution >= 4 is 123 Å². The Kier molecular flexibility index (Phi) is 35.5. The van der Waals surface area contributed by atoms with Gasteiger partial charge in [-0.2, -0.15) is 0 Å². The molecule has 5 rings (SSSR count). The molecule has 1 aromatic carbocycles. The molecule has 13 amide bonds. The van der Waals surface area contributed by atoms with Crippen molar-refractivity contribution in [1.82, 2.24) is 73.7 Å². The minimum absolute atomic E-state index is 0.0305. The molecule has 2 saturated heterocycles. The molecule has 2 fully saturated rings. The Morgan fingerprint density at radius 2 is 1.18 bits per heavy atom. The third-order valence-electron chi connectivity index (χ3n) is 17.6. The highest BCUT2D eigenvalue weighted by molar-refractivity contribution is 6.01. The lowest BCUT2D eigenvalue weighted by molar-refractivity contribution is -0.143. The van der Waals surface area contributed by atoms with Gasteiger partial charge in [0.2, 0.25) is 76.8 Å². The van der Waals surface area contributed by atoms with Crippen LogP contribution in [-0.2, 0) is 87.9 Å². The van der Waals surface area contributed by atoms with E-state index in [1.807, 2.05) is 5.32 Å². The predicted octanol–water partition coefficient (Wildman–Crippen LogP) is -7.82. The van der Waals surface area contributed by atoms with Gasteiger partial charge in [-0.1, -0.05) is 30.7 Å². The Morgan fingerprint density at radius 3 is 1.74 bits per heavy atom. The van der Waals surface area contributed by atoms with Crippen molar-refractivity contribution in [2.24, 2.45) is 21.5 Å². The van der Waals surface area contributed by atoms with Crippen molar-refractivity contribution in [3.8, 4) is 0 Å². The standard InChI is InChI=1S/C67H96N18O23/c1-34(90)48(30-86)81-60(102)44(20-22-55(96)97)76-59(101)43(19-21-54(94)95)77-62(104)49(31-87)82-63(105)50(32-88)83-64(106)51(33-89)84-65(107)52-16-9-25-85(52)66(108)45-18-17-38(92)11-3-5-14-41(74-35(2)91)57(99)80-47(27-37-10-7-23-70-37)56(98)73-29-53(93)75-42(15-8-24-71-67(68)69)58(100)79-46(61(103)78-45)26-36-28-72-40-13-6-4-12-39(36)40/h4,6,10,12-13,23,28,41-52,72,86-89H,3,5,7-9,11,14-22,24-27,29-33H2,1-2H3,(H,73,98)(H,74,91)(H,75,93)(H,76,101)(H,77,104)(H,78,103)(H,79,100)(H,80,99)(H,81,102)(H,82,105)(H,83,106)(H,84,107)(H,94,95)(H,96,97)(H4,68,69,71)/t41-,42-,43-,44-,45-,46-,47-,48-,49-,50-,51-,52-/m0/s1. The summed E-state index contributed by atoms with van der Waals surface area (Å²) in [6.07, 6.45) is 1.28. The number of aromatic nitrogens is 1. The number of likely N-dealkylation sites (tertiary alicyclic amines) is 1. The van der Waals surface area contributed by atoms with Gasteiger partial charge in [-0.05, 0) is 76.3 Å². The van der Waals surface area contributed by atoms with Gasteiger partial charge in [-0.3, -0.25) is 91.5 Å². The van der Waals surface area contributed by atoms with E-state index in [2.05, 4.69) is 73.5 Å². The molecule has 4 heterocycles. The Balaban J connectivity index is 1.40. The lowest BCUT2D eigenvalue weighted by Crippen LogP contribution is -2.62. The number of aromatic amines is 1. The summed E-state index contributed by atoms with van der Waals surface area (Å²) in [7, 11) is 0. The van der Waals surface area contributed by atoms with Crippen LogP contribution in [0.4, 0.5) is 0 Å². The van der Waals surface area contributed by atoms with E-state index in [1.54, 1.807) is 42.8 Å². The van der Waals surface area contributed by atoms with Gasteiger partial charge >= 0.3 is 11.9 Å². The minimum Gasteiger partial charge on any atom is -0.481 e. The van der Waals surface area contributed by atoms with E-state index in [0.29, 0.717) is 28.6 Å². The fraction of sp³-hybridized carbons (Fsp3) is 0.567. The van der Waals surface area contributed by atoms with E-state index in [-0.39, 0.29) is 83.3 Å². The summed E-state index contributed by atoms with van der Waals surface area (Å²) >= 11 is 0. The number of aliphatic hydroxyl groups excluding tert-OH is 4. The highest BCUT2D eigenvalue weighted by atomic mass is 16.4. The largest absolute Gasteiger partial charge is 0.481 e. The normalized spacial score (nSPS) is 20.8. The maximum Gasteiger partial charge on any atom is 0.303 e. The Labute approximate surface area is 617 Å². The quantitative estimate of drug-likeness (QED) is 0.0179. The van der Waals surface area contributed by atoms with Gasteiger partial charge in [-0.25, -0.2) is 0 Å². The van der Waals surface area contributed by atoms with Crippen LogP contribution in [0.2, 0.25) is 0 Å². The molecular formula is C67H96N18O23. The number of carbonyl (C=O) groups is 17. The van der Waals surface area contributed by atoms with Crippen molar-refractivity contribution in [2.45, 2.75) is 196 Å². The monoisotopic (exact) mass is 1520 g/mol. The number of H-pyrrole nitrogens is 1. The fourth-order valence-corrected chi connectivity index (χ4v) is 11.8. The number of fused-ring (bicyclic) bond motifs is 1. The van der Waals surface area contributed by atoms with E-state index >= 15 is 9.59 Å². The summed E-state index contributed by atoms with van der Waals surface area (Å²) in [6, 6.07) is -13.0. The molecule has 0 unspecified atom stereocenters. The number of guanidine groups is 1. The first-order chi connectivity index (χ1) is 51.4. The van der Waals surface area contributed by atoms with Crippen LogP contribution in [0.3, 0.4) is 0 Å². The summed E-state index contributed by atoms with van der Waals surface area (Å²) in [5.74, 6) is -18.0. The van der Waals surface area contributed by atoms with Crippen LogP contribution in [0.5, 0.6) is 0 Å². The van der Waals surface area contributed by atoms with Crippen LogP contribution in [0, 0.1) is 0 Å². The molecule has 0 radical (unpaired) electrons. The lowest BCUT2D eigenvalue weighted by Gasteiger charge is -2.31. The number of nitrogens with two attached hydrogens (primary N) is 2. The molecular weight excluding hydrogens is 1420 g/mol. The molecule has 0 aliphatic carbocycles. The van der Waals surface area contributed by atoms with Crippen LogP contribution in [-0.4, -0.2) is 272 Å². The zero-order valence-electron chi connectivity index (χ0n) is 59.6. The molecule has 41 heteroatoms. The first-order valence-electron chi connectivity index (χ1n) is 35.0. The van der Waals surface area contributed by atoms with Gasteiger partial charge in [0.25, 0.3) is 0 Å². The van der Waals surface area contributed by atoms with Crippen molar-refractivity contribution in [2.75, 3.05) is 46.1 Å². The Bertz CT molecular complexity index is 3710. The van der Waals surface area contributed by atoms with Gasteiger partial charge in [0.05, 0.1) is 33.0 Å². The van der Waals surface area contributed by atoms with Crippen molar-refractivity contribution in [3.63, 3.8) is 0 Å². The second-order valence-corrected chi connectivity index (χ2v) is 25.8. The number of benzene rings is 1. The van der Waals surface area contributed by atoms with Crippen molar-refractivity contribution in [1.29, 1.82) is 0 Å². The second kappa shape index (κ2) is 44.0. The van der Waals surface area contributed by atoms with Crippen LogP contribution in [0.15, 0.2) is 52.2 Å². The number of amides is 13. The fourth-order valence-electron chi connectivity index (χ4n) is 11.8. The van der Waals surface area contributed by atoms with Crippen LogP contribution in [0.25, 0.3) is 10.9 Å². The van der Waals surface area contributed by atoms with Gasteiger partial charge in [-0.15, -0.1) is 0 Å². The summed E-state index contributed by atoms with van der Waals surface area (Å²) in [4.78, 5) is 242. The van der Waals surface area contributed by atoms with E-state index in [4.69, 9.17) is 11.5 Å². The van der Waals surface area contributed by atoms with Crippen LogP contribution >= 0.6 is 0 Å². The number of carbonyl (C=O) groups excluding carboxylic acids is 15. The smallest absolute Gasteiger partial charge is 0.303 e. The number of aliphatic carboxylic acids is 2. The molecule has 41 nitrogen and oxygen atoms in total. The van der Waals surface area contributed by atoms with Crippen LogP contribution < -0.4 is 75.3 Å². The highest BCUT2D eigenvalue weighted by Crippen LogP contribution is 2.23. The first-order valence-corrected chi connectivity index (χ1v) is 35.0. The van der Waals surface area contributed by atoms with E-state index in [0.717, 1.165) is 11.8 Å². The number of aliphatic imine (C=N–C) groups is 2. The maximum atomic E-state index is 15.1. The SMILES string of the molecule is CC(=O)N[C@H]1CCCCC(=O)CC[C@@H](C(=O)N2CCC[C@H]2C(=O)N[C@@H](CO)C(=O)N[C@@H](CO)C(=O)N[C@@H](CO)C(=O)N[C@@H](CCC(=O)O)C(=O)N[C@@H](CCC(=O)O)C(=O)N[C@@H](CO)C(C)=O)NC(=O)[C@H](Cc2c[nH]c3ccccc23)NC(=O)[C@H](CCCN=C(N)N)NC(=O)CNC(=O)[C@H](CC2=CCC=N2)NC1=O. The number of para-hydroxylation sites is 1. The molecule has 12 atom stereocenters. The Hall–Kier alpha value is -11.3. The zero-order chi connectivity index (χ0) is 79.7. The number of ketones is 2. The minimum atomic E-state index is -2.05. The van der Waals surface area contributed by atoms with Gasteiger partial charge < -0.3 is 116 Å². The van der Waals surface area contributed by atoms with Gasteiger partial charge in [0.15, 0.2) is 11.7 Å². The number of nitrogens with one attached hydrogen (secondary N) is 13. The number of nitrogens with zero attached hydrogens (tertiary/aromatic N) is 3. The van der Waals surface area contributed by atoms with E-state index < -0.39 is 244 Å². The number of carboxylic acids is 2. The molecule has 2 aromatic rings. The van der Waals surface area contributed by atoms with E-state index in [1.165, 1.54) is 6.92 Å². The topological polar surface area (TPSA) is 652 Å². The average molecular weight is 1520 g/mol. The first kappa shape index (κ1) is 87.3. The molecule has 3 aliphatic heterocycles. The van der Waals surface area contributed by atoms with Gasteiger partial charge in [0, 0.05) is 94.0 Å².